The van der Waals surface area contributed by atoms with Crippen LogP contribution in [0.2, 0.25) is 5.02 Å². The molecule has 1 N–H and O–H groups in total. The first kappa shape index (κ1) is 16.4. The van der Waals surface area contributed by atoms with Gasteiger partial charge in [0.2, 0.25) is 0 Å². The van der Waals surface area contributed by atoms with Gasteiger partial charge in [0.15, 0.2) is 0 Å². The Hall–Kier alpha value is -2.44. The number of nitrogens with zero attached hydrogens (tertiary/aromatic N) is 3. The lowest BCUT2D eigenvalue weighted by Crippen LogP contribution is -2.26. The van der Waals surface area contributed by atoms with Crippen LogP contribution in [0.3, 0.4) is 0 Å². The molecule has 7 heteroatoms. The fourth-order valence-corrected chi connectivity index (χ4v) is 2.99. The predicted molar refractivity (Wildman–Crippen MR) is 97.7 cm³/mol. The summed E-state index contributed by atoms with van der Waals surface area (Å²) in [5, 5.41) is 8.68. The van der Waals surface area contributed by atoms with E-state index in [1.54, 1.807) is 48.8 Å². The highest BCUT2D eigenvalue weighted by molar-refractivity contribution is 7.98. The van der Waals surface area contributed by atoms with Crippen molar-refractivity contribution in [2.75, 3.05) is 6.26 Å². The molecule has 0 aliphatic rings. The summed E-state index contributed by atoms with van der Waals surface area (Å²) in [6, 6.07) is 10.5. The van der Waals surface area contributed by atoms with Crippen molar-refractivity contribution in [3.8, 4) is 17.1 Å². The zero-order chi connectivity index (χ0) is 17.1. The van der Waals surface area contributed by atoms with Crippen LogP contribution in [-0.2, 0) is 0 Å². The first-order valence-electron chi connectivity index (χ1n) is 7.03. The Kier molecular flexibility index (Phi) is 4.78. The summed E-state index contributed by atoms with van der Waals surface area (Å²) in [7, 11) is 0. The van der Waals surface area contributed by atoms with Gasteiger partial charge in [-0.1, -0.05) is 11.6 Å². The van der Waals surface area contributed by atoms with Gasteiger partial charge in [0, 0.05) is 29.2 Å². The minimum absolute atomic E-state index is 0.259. The van der Waals surface area contributed by atoms with Crippen molar-refractivity contribution < 1.29 is 0 Å². The normalized spacial score (nSPS) is 10.6. The maximum Gasteiger partial charge on any atom is 0.268 e. The molecule has 24 heavy (non-hydrogen) atoms. The molecule has 120 valence electrons. The second-order valence-corrected chi connectivity index (χ2v) is 6.09. The number of thioether (sulfide) groups is 1. The van der Waals surface area contributed by atoms with Crippen LogP contribution in [-0.4, -0.2) is 27.0 Å². The summed E-state index contributed by atoms with van der Waals surface area (Å²) in [6.07, 6.45) is 6.18. The lowest BCUT2D eigenvalue weighted by molar-refractivity contribution is 0.898. The highest BCUT2D eigenvalue weighted by Crippen LogP contribution is 2.24. The van der Waals surface area contributed by atoms with E-state index in [1.165, 1.54) is 16.3 Å². The summed E-state index contributed by atoms with van der Waals surface area (Å²) in [5.41, 5.74) is 1.37. The molecular weight excluding hydrogens is 344 g/mol. The van der Waals surface area contributed by atoms with Crippen LogP contribution in [0, 0.1) is 5.41 Å². The molecule has 0 aliphatic heterocycles. The number of hydrogen-bond acceptors (Lipinski definition) is 5. The maximum atomic E-state index is 13.0. The Labute approximate surface area is 147 Å². The summed E-state index contributed by atoms with van der Waals surface area (Å²) >= 11 is 7.29. The fourth-order valence-electron chi connectivity index (χ4n) is 2.32. The van der Waals surface area contributed by atoms with Crippen molar-refractivity contribution in [3.63, 3.8) is 0 Å². The number of hydrogen-bond donors (Lipinski definition) is 1. The molecule has 0 unspecified atom stereocenters. The van der Waals surface area contributed by atoms with Gasteiger partial charge in [0.05, 0.1) is 11.3 Å². The van der Waals surface area contributed by atoms with Crippen molar-refractivity contribution in [3.05, 3.63) is 69.7 Å². The molecule has 1 aromatic carbocycles. The first-order valence-corrected chi connectivity index (χ1v) is 8.64. The van der Waals surface area contributed by atoms with Crippen LogP contribution in [0.1, 0.15) is 5.56 Å². The molecule has 2 heterocycles. The van der Waals surface area contributed by atoms with Gasteiger partial charge in [0.1, 0.15) is 10.9 Å². The largest absolute Gasteiger partial charge is 0.308 e. The van der Waals surface area contributed by atoms with Gasteiger partial charge in [-0.25, -0.2) is 4.98 Å². The van der Waals surface area contributed by atoms with Crippen molar-refractivity contribution in [1.82, 2.24) is 14.5 Å². The molecule has 0 aliphatic carbocycles. The number of benzene rings is 1. The summed E-state index contributed by atoms with van der Waals surface area (Å²) in [5.74, 6) is 0.500. The van der Waals surface area contributed by atoms with Crippen molar-refractivity contribution >= 4 is 29.6 Å². The van der Waals surface area contributed by atoms with Gasteiger partial charge < -0.3 is 5.41 Å². The summed E-state index contributed by atoms with van der Waals surface area (Å²) in [4.78, 5) is 21.6. The minimum atomic E-state index is -0.293. The lowest BCUT2D eigenvalue weighted by Gasteiger charge is -2.15. The van der Waals surface area contributed by atoms with Crippen LogP contribution < -0.4 is 5.56 Å². The molecule has 2 aromatic heterocycles. The Balaban J connectivity index is 2.38. The Morgan fingerprint density at radius 1 is 1.17 bits per heavy atom. The fraction of sp³-hybridized carbons (Fsp3) is 0.0588. The third-order valence-electron chi connectivity index (χ3n) is 3.44. The van der Waals surface area contributed by atoms with Crippen molar-refractivity contribution in [1.29, 1.82) is 5.41 Å². The predicted octanol–water partition coefficient (Wildman–Crippen LogP) is 3.67. The van der Waals surface area contributed by atoms with E-state index in [2.05, 4.69) is 9.97 Å². The van der Waals surface area contributed by atoms with Crippen molar-refractivity contribution in [2.45, 2.75) is 5.03 Å². The van der Waals surface area contributed by atoms with Crippen LogP contribution in [0.25, 0.3) is 17.1 Å². The third-order valence-corrected chi connectivity index (χ3v) is 4.39. The van der Waals surface area contributed by atoms with Crippen LogP contribution in [0.4, 0.5) is 0 Å². The molecule has 0 saturated carbocycles. The van der Waals surface area contributed by atoms with E-state index in [1.807, 2.05) is 6.26 Å². The molecule has 0 saturated heterocycles. The average Bonchev–Trinajstić information content (AvgIpc) is 2.62. The van der Waals surface area contributed by atoms with Gasteiger partial charge in [0.25, 0.3) is 5.56 Å². The van der Waals surface area contributed by atoms with Gasteiger partial charge in [-0.3, -0.25) is 14.3 Å². The Morgan fingerprint density at radius 2 is 1.83 bits per heavy atom. The first-order chi connectivity index (χ1) is 11.7. The van der Waals surface area contributed by atoms with E-state index in [0.717, 1.165) is 11.8 Å². The summed E-state index contributed by atoms with van der Waals surface area (Å²) < 4.78 is 1.49. The quantitative estimate of drug-likeness (QED) is 0.440. The third kappa shape index (κ3) is 2.98. The molecule has 0 amide bonds. The lowest BCUT2D eigenvalue weighted by atomic mass is 10.2. The standard InChI is InChI=1S/C17H13ClN4OS/c1-24-16-14(10-19)17(23)22(13-4-2-12(18)3-5-13)15(21-16)11-6-8-20-9-7-11/h2-10,19H,1H3. The molecule has 0 atom stereocenters. The number of nitrogens with one attached hydrogen (secondary N) is 1. The van der Waals surface area contributed by atoms with E-state index in [9.17, 15) is 4.79 Å². The van der Waals surface area contributed by atoms with Crippen LogP contribution >= 0.6 is 23.4 Å². The molecule has 5 nitrogen and oxygen atoms in total. The van der Waals surface area contributed by atoms with E-state index >= 15 is 0 Å². The molecule has 0 fully saturated rings. The number of pyridine rings is 1. The van der Waals surface area contributed by atoms with Gasteiger partial charge >= 0.3 is 0 Å². The zero-order valence-corrected chi connectivity index (χ0v) is 14.3. The zero-order valence-electron chi connectivity index (χ0n) is 12.7. The van der Waals surface area contributed by atoms with Gasteiger partial charge in [-0.2, -0.15) is 0 Å². The van der Waals surface area contributed by atoms with E-state index in [4.69, 9.17) is 17.0 Å². The number of halogens is 1. The smallest absolute Gasteiger partial charge is 0.268 e. The minimum Gasteiger partial charge on any atom is -0.308 e. The number of aromatic nitrogens is 3. The van der Waals surface area contributed by atoms with Crippen molar-refractivity contribution in [2.24, 2.45) is 0 Å². The Bertz CT molecular complexity index is 939. The maximum absolute atomic E-state index is 13.0. The van der Waals surface area contributed by atoms with E-state index in [0.29, 0.717) is 21.6 Å². The second kappa shape index (κ2) is 6.98. The summed E-state index contributed by atoms with van der Waals surface area (Å²) in [6.45, 7) is 0. The molecule has 3 rings (SSSR count). The number of rotatable bonds is 4. The topological polar surface area (TPSA) is 71.6 Å². The molecule has 0 bridgehead atoms. The second-order valence-electron chi connectivity index (χ2n) is 4.86. The molecule has 0 radical (unpaired) electrons. The van der Waals surface area contributed by atoms with Gasteiger partial charge in [-0.15, -0.1) is 11.8 Å². The monoisotopic (exact) mass is 356 g/mol. The molecule has 3 aromatic rings. The molecule has 0 spiro atoms. The highest BCUT2D eigenvalue weighted by atomic mass is 35.5. The highest BCUT2D eigenvalue weighted by Gasteiger charge is 2.17. The SMILES string of the molecule is CSc1nc(-c2ccncc2)n(-c2ccc(Cl)cc2)c(=O)c1C=N. The van der Waals surface area contributed by atoms with Gasteiger partial charge in [-0.05, 0) is 42.7 Å². The van der Waals surface area contributed by atoms with Crippen LogP contribution in [0.5, 0.6) is 0 Å². The van der Waals surface area contributed by atoms with E-state index < -0.39 is 0 Å². The van der Waals surface area contributed by atoms with Crippen LogP contribution in [0.15, 0.2) is 58.6 Å². The Morgan fingerprint density at radius 3 is 2.42 bits per heavy atom. The average molecular weight is 357 g/mol. The van der Waals surface area contributed by atoms with E-state index in [-0.39, 0.29) is 11.1 Å². The molecular formula is C17H13ClN4OS.